The molecule has 0 saturated heterocycles. The van der Waals surface area contributed by atoms with Crippen molar-refractivity contribution in [2.45, 2.75) is 26.2 Å². The van der Waals surface area contributed by atoms with Crippen LogP contribution >= 0.6 is 0 Å². The van der Waals surface area contributed by atoms with Crippen molar-refractivity contribution in [2.24, 2.45) is 5.10 Å². The Morgan fingerprint density at radius 2 is 2.00 bits per heavy atom. The molecule has 0 aliphatic heterocycles. The summed E-state index contributed by atoms with van der Waals surface area (Å²) < 4.78 is 10.5. The Morgan fingerprint density at radius 3 is 2.59 bits per heavy atom. The van der Waals surface area contributed by atoms with Gasteiger partial charge in [0, 0.05) is 0 Å². The van der Waals surface area contributed by atoms with Crippen molar-refractivity contribution in [3.63, 3.8) is 0 Å². The predicted molar refractivity (Wildman–Crippen MR) is 85.1 cm³/mol. The number of nitrogens with zero attached hydrogens (tertiary/aromatic N) is 1. The van der Waals surface area contributed by atoms with Crippen LogP contribution < -0.4 is 10.2 Å². The van der Waals surface area contributed by atoms with Gasteiger partial charge in [-0.05, 0) is 35.2 Å². The van der Waals surface area contributed by atoms with Crippen LogP contribution in [0.25, 0.3) is 0 Å². The Balaban J connectivity index is 1.78. The second-order valence-corrected chi connectivity index (χ2v) is 5.87. The molecule has 2 rings (SSSR count). The number of carbonyl (C=O) groups is 1. The summed E-state index contributed by atoms with van der Waals surface area (Å²) in [5.41, 5.74) is 3.68. The highest BCUT2D eigenvalue weighted by Gasteiger charge is 2.13. The van der Waals surface area contributed by atoms with E-state index in [1.807, 2.05) is 24.3 Å². The molecule has 0 radical (unpaired) electrons. The monoisotopic (exact) mass is 300 g/mol. The van der Waals surface area contributed by atoms with Crippen LogP contribution in [0.5, 0.6) is 5.75 Å². The fraction of sp³-hybridized carbons (Fsp3) is 0.294. The number of furan rings is 1. The molecule has 0 fully saturated rings. The first-order valence-electron chi connectivity index (χ1n) is 7.04. The van der Waals surface area contributed by atoms with Crippen LogP contribution in [0, 0.1) is 0 Å². The number of hydrogen-bond donors (Lipinski definition) is 1. The minimum atomic E-state index is -0.331. The zero-order chi connectivity index (χ0) is 16.0. The third kappa shape index (κ3) is 4.77. The molecule has 0 saturated carbocycles. The van der Waals surface area contributed by atoms with Gasteiger partial charge in [0.25, 0.3) is 5.91 Å². The summed E-state index contributed by atoms with van der Waals surface area (Å²) in [7, 11) is 0. The molecule has 0 atom stereocenters. The summed E-state index contributed by atoms with van der Waals surface area (Å²) >= 11 is 0. The van der Waals surface area contributed by atoms with Crippen LogP contribution in [0.2, 0.25) is 0 Å². The number of nitrogens with one attached hydrogen (secondary N) is 1. The summed E-state index contributed by atoms with van der Waals surface area (Å²) in [4.78, 5) is 11.6. The maximum atomic E-state index is 11.6. The van der Waals surface area contributed by atoms with E-state index in [0.29, 0.717) is 11.5 Å². The Labute approximate surface area is 130 Å². The van der Waals surface area contributed by atoms with Gasteiger partial charge >= 0.3 is 0 Å². The minimum absolute atomic E-state index is 0.0929. The molecule has 1 N–H and O–H groups in total. The van der Waals surface area contributed by atoms with Crippen LogP contribution in [0.1, 0.15) is 32.1 Å². The molecular formula is C17H20N2O3. The van der Waals surface area contributed by atoms with Crippen molar-refractivity contribution in [2.75, 3.05) is 6.61 Å². The number of rotatable bonds is 5. The van der Waals surface area contributed by atoms with E-state index in [4.69, 9.17) is 9.15 Å². The highest BCUT2D eigenvalue weighted by molar-refractivity contribution is 5.81. The normalized spacial score (nSPS) is 11.6. The summed E-state index contributed by atoms with van der Waals surface area (Å²) in [6.07, 6.45) is 2.96. The van der Waals surface area contributed by atoms with Gasteiger partial charge in [-0.15, -0.1) is 0 Å². The number of ether oxygens (including phenoxy) is 1. The molecule has 2 aromatic rings. The lowest BCUT2D eigenvalue weighted by Crippen LogP contribution is -2.24. The first-order chi connectivity index (χ1) is 10.4. The predicted octanol–water partition coefficient (Wildman–Crippen LogP) is 3.11. The van der Waals surface area contributed by atoms with Gasteiger partial charge in [0.15, 0.2) is 6.61 Å². The van der Waals surface area contributed by atoms with Crippen LogP contribution in [0.4, 0.5) is 0 Å². The lowest BCUT2D eigenvalue weighted by atomic mass is 9.87. The summed E-state index contributed by atoms with van der Waals surface area (Å²) in [6.45, 7) is 6.35. The Kier molecular flexibility index (Phi) is 4.99. The van der Waals surface area contributed by atoms with Gasteiger partial charge in [0.2, 0.25) is 0 Å². The quantitative estimate of drug-likeness (QED) is 0.681. The molecule has 5 heteroatoms. The van der Waals surface area contributed by atoms with E-state index in [-0.39, 0.29) is 17.9 Å². The molecule has 1 aromatic heterocycles. The molecule has 1 aromatic carbocycles. The van der Waals surface area contributed by atoms with Gasteiger partial charge in [0.1, 0.15) is 11.5 Å². The molecular weight excluding hydrogens is 280 g/mol. The summed E-state index contributed by atoms with van der Waals surface area (Å²) in [5.74, 6) is 0.889. The highest BCUT2D eigenvalue weighted by Crippen LogP contribution is 2.24. The van der Waals surface area contributed by atoms with Crippen molar-refractivity contribution < 1.29 is 13.9 Å². The van der Waals surface area contributed by atoms with Crippen LogP contribution in [-0.2, 0) is 10.2 Å². The molecule has 1 heterocycles. The molecule has 0 spiro atoms. The van der Waals surface area contributed by atoms with Crippen LogP contribution in [0.3, 0.4) is 0 Å². The van der Waals surface area contributed by atoms with Gasteiger partial charge < -0.3 is 9.15 Å². The van der Waals surface area contributed by atoms with E-state index in [1.54, 1.807) is 12.1 Å². The third-order valence-electron chi connectivity index (χ3n) is 3.01. The largest absolute Gasteiger partial charge is 0.484 e. The van der Waals surface area contributed by atoms with Gasteiger partial charge in [-0.1, -0.05) is 32.9 Å². The van der Waals surface area contributed by atoms with Gasteiger partial charge in [-0.3, -0.25) is 4.79 Å². The van der Waals surface area contributed by atoms with Gasteiger partial charge in [-0.2, -0.15) is 5.10 Å². The van der Waals surface area contributed by atoms with E-state index in [9.17, 15) is 4.79 Å². The maximum Gasteiger partial charge on any atom is 0.277 e. The zero-order valence-electron chi connectivity index (χ0n) is 13.0. The van der Waals surface area contributed by atoms with Crippen LogP contribution in [-0.4, -0.2) is 18.7 Å². The molecule has 22 heavy (non-hydrogen) atoms. The van der Waals surface area contributed by atoms with Gasteiger partial charge in [0.05, 0.1) is 12.5 Å². The summed E-state index contributed by atoms with van der Waals surface area (Å²) in [5, 5.41) is 3.77. The van der Waals surface area contributed by atoms with Crippen LogP contribution in [0.15, 0.2) is 52.2 Å². The molecule has 5 nitrogen and oxygen atoms in total. The first-order valence-corrected chi connectivity index (χ1v) is 7.04. The fourth-order valence-corrected chi connectivity index (χ4v) is 1.76. The minimum Gasteiger partial charge on any atom is -0.484 e. The fourth-order valence-electron chi connectivity index (χ4n) is 1.76. The van der Waals surface area contributed by atoms with Crippen molar-refractivity contribution in [1.82, 2.24) is 5.43 Å². The van der Waals surface area contributed by atoms with E-state index in [1.165, 1.54) is 18.0 Å². The molecule has 116 valence electrons. The van der Waals surface area contributed by atoms with Crippen molar-refractivity contribution in [1.29, 1.82) is 0 Å². The second kappa shape index (κ2) is 6.93. The average molecular weight is 300 g/mol. The Morgan fingerprint density at radius 1 is 1.27 bits per heavy atom. The molecule has 0 aliphatic carbocycles. The van der Waals surface area contributed by atoms with Gasteiger partial charge in [-0.25, -0.2) is 5.43 Å². The maximum absolute atomic E-state index is 11.6. The number of amides is 1. The number of hydrazone groups is 1. The number of hydrogen-bond acceptors (Lipinski definition) is 4. The van der Waals surface area contributed by atoms with E-state index in [0.717, 1.165) is 0 Å². The first kappa shape index (κ1) is 15.8. The SMILES string of the molecule is CC(C)(C)c1ccc(OCC(=O)N/N=C\c2ccco2)cc1. The number of carbonyl (C=O) groups excluding carboxylic acids is 1. The van der Waals surface area contributed by atoms with E-state index >= 15 is 0 Å². The summed E-state index contributed by atoms with van der Waals surface area (Å²) in [6, 6.07) is 11.2. The van der Waals surface area contributed by atoms with E-state index < -0.39 is 0 Å². The number of benzene rings is 1. The molecule has 0 aliphatic rings. The lowest BCUT2D eigenvalue weighted by molar-refractivity contribution is -0.123. The smallest absolute Gasteiger partial charge is 0.277 e. The Hall–Kier alpha value is -2.56. The standard InChI is InChI=1S/C17H20N2O3/c1-17(2,3)13-6-8-14(9-7-13)22-12-16(20)19-18-11-15-5-4-10-21-15/h4-11H,12H2,1-3H3,(H,19,20)/b18-11-. The Bertz CT molecular complexity index is 623. The van der Waals surface area contributed by atoms with Crippen molar-refractivity contribution >= 4 is 12.1 Å². The molecule has 1 amide bonds. The van der Waals surface area contributed by atoms with Crippen molar-refractivity contribution in [3.8, 4) is 5.75 Å². The highest BCUT2D eigenvalue weighted by atomic mass is 16.5. The molecule has 0 bridgehead atoms. The average Bonchev–Trinajstić information content (AvgIpc) is 2.98. The zero-order valence-corrected chi connectivity index (χ0v) is 13.0. The lowest BCUT2D eigenvalue weighted by Gasteiger charge is -2.19. The second-order valence-electron chi connectivity index (χ2n) is 5.87. The van der Waals surface area contributed by atoms with Crippen molar-refractivity contribution in [3.05, 3.63) is 54.0 Å². The topological polar surface area (TPSA) is 63.8 Å². The molecule has 0 unspecified atom stereocenters. The van der Waals surface area contributed by atoms with E-state index in [2.05, 4.69) is 31.3 Å². The third-order valence-corrected chi connectivity index (χ3v) is 3.01.